The van der Waals surface area contributed by atoms with Gasteiger partial charge in [0.05, 0.1) is 11.4 Å². The largest absolute Gasteiger partial charge is 0.489 e. The number of aromatic nitrogens is 1. The van der Waals surface area contributed by atoms with Crippen LogP contribution in [0, 0.1) is 6.92 Å². The number of hydrogen-bond acceptors (Lipinski definition) is 6. The average Bonchev–Trinajstić information content (AvgIpc) is 3.28. The molecule has 0 saturated carbocycles. The monoisotopic (exact) mass is 491 g/mol. The van der Waals surface area contributed by atoms with Crippen LogP contribution in [0.5, 0.6) is 5.75 Å². The molecule has 0 saturated heterocycles. The first-order valence-electron chi connectivity index (χ1n) is 10.9. The van der Waals surface area contributed by atoms with Crippen LogP contribution in [0.2, 0.25) is 0 Å². The average molecular weight is 492 g/mol. The van der Waals surface area contributed by atoms with Crippen molar-refractivity contribution in [3.8, 4) is 5.75 Å². The number of carbonyl (C=O) groups excluding carboxylic acids is 1. The normalized spacial score (nSPS) is 11.1. The minimum absolute atomic E-state index is 0.0153. The number of nitrogens with zero attached hydrogens (tertiary/aromatic N) is 2. The van der Waals surface area contributed by atoms with Crippen molar-refractivity contribution >= 4 is 21.6 Å². The molecule has 4 aromatic rings. The van der Waals surface area contributed by atoms with Gasteiger partial charge in [0.15, 0.2) is 0 Å². The Morgan fingerprint density at radius 1 is 1.00 bits per heavy atom. The van der Waals surface area contributed by atoms with E-state index in [1.54, 1.807) is 50.4 Å². The third-order valence-electron chi connectivity index (χ3n) is 5.17. The molecular formula is C26H25N3O5S. The van der Waals surface area contributed by atoms with Gasteiger partial charge >= 0.3 is 0 Å². The summed E-state index contributed by atoms with van der Waals surface area (Å²) in [6.45, 7) is 2.42. The van der Waals surface area contributed by atoms with Gasteiger partial charge in [0, 0.05) is 24.4 Å². The van der Waals surface area contributed by atoms with Gasteiger partial charge in [-0.3, -0.25) is 9.52 Å². The summed E-state index contributed by atoms with van der Waals surface area (Å²) < 4.78 is 39.2. The van der Waals surface area contributed by atoms with Crippen molar-refractivity contribution < 1.29 is 22.5 Å². The van der Waals surface area contributed by atoms with Crippen molar-refractivity contribution in [1.82, 2.24) is 10.1 Å². The van der Waals surface area contributed by atoms with Crippen LogP contribution >= 0.6 is 0 Å². The highest BCUT2D eigenvalue weighted by Crippen LogP contribution is 2.21. The topological polar surface area (TPSA) is 102 Å². The van der Waals surface area contributed by atoms with E-state index in [2.05, 4.69) is 9.88 Å². The first-order chi connectivity index (χ1) is 16.8. The molecule has 0 aliphatic heterocycles. The van der Waals surface area contributed by atoms with Gasteiger partial charge in [0.2, 0.25) is 0 Å². The van der Waals surface area contributed by atoms with Crippen LogP contribution in [0.1, 0.15) is 27.4 Å². The lowest BCUT2D eigenvalue weighted by Gasteiger charge is -2.16. The molecule has 1 aromatic heterocycles. The Balaban J connectivity index is 1.41. The highest BCUT2D eigenvalue weighted by Gasteiger charge is 2.19. The third kappa shape index (κ3) is 6.27. The number of sulfonamides is 1. The van der Waals surface area contributed by atoms with E-state index in [0.29, 0.717) is 29.5 Å². The van der Waals surface area contributed by atoms with Crippen molar-refractivity contribution in [3.05, 3.63) is 108 Å². The maximum atomic E-state index is 12.9. The van der Waals surface area contributed by atoms with Crippen LogP contribution in [-0.4, -0.2) is 31.4 Å². The summed E-state index contributed by atoms with van der Waals surface area (Å²) in [6.07, 6.45) is 0. The first-order valence-corrected chi connectivity index (χ1v) is 12.4. The van der Waals surface area contributed by atoms with E-state index in [4.69, 9.17) is 9.26 Å². The molecule has 1 N–H and O–H groups in total. The molecule has 0 unspecified atom stereocenters. The van der Waals surface area contributed by atoms with Gasteiger partial charge in [-0.25, -0.2) is 8.42 Å². The zero-order valence-corrected chi connectivity index (χ0v) is 20.2. The zero-order valence-electron chi connectivity index (χ0n) is 19.3. The molecule has 180 valence electrons. The molecule has 0 radical (unpaired) electrons. The fourth-order valence-corrected chi connectivity index (χ4v) is 4.50. The van der Waals surface area contributed by atoms with Gasteiger partial charge in [0.25, 0.3) is 15.9 Å². The number of anilines is 1. The number of hydrogen-bond donors (Lipinski definition) is 1. The van der Waals surface area contributed by atoms with E-state index in [0.717, 1.165) is 5.56 Å². The van der Waals surface area contributed by atoms with Crippen molar-refractivity contribution in [3.63, 3.8) is 0 Å². The molecule has 0 atom stereocenters. The number of nitrogens with one attached hydrogen (secondary N) is 1. The number of carbonyl (C=O) groups is 1. The molecule has 0 aliphatic rings. The number of ether oxygens (including phenoxy) is 1. The van der Waals surface area contributed by atoms with Gasteiger partial charge in [-0.05, 0) is 55.0 Å². The van der Waals surface area contributed by atoms with Crippen LogP contribution in [0.4, 0.5) is 5.69 Å². The van der Waals surface area contributed by atoms with Gasteiger partial charge in [0.1, 0.15) is 23.8 Å². The van der Waals surface area contributed by atoms with Crippen LogP contribution in [0.3, 0.4) is 0 Å². The number of benzene rings is 3. The summed E-state index contributed by atoms with van der Waals surface area (Å²) in [7, 11) is -2.29. The second-order valence-corrected chi connectivity index (χ2v) is 9.70. The van der Waals surface area contributed by atoms with E-state index in [-0.39, 0.29) is 22.9 Å². The number of amides is 1. The van der Waals surface area contributed by atoms with Crippen molar-refractivity contribution in [2.24, 2.45) is 0 Å². The smallest absolute Gasteiger partial charge is 0.261 e. The van der Waals surface area contributed by atoms with Crippen molar-refractivity contribution in [1.29, 1.82) is 0 Å². The second-order valence-electron chi connectivity index (χ2n) is 8.02. The van der Waals surface area contributed by atoms with E-state index in [1.807, 2.05) is 30.3 Å². The molecule has 1 amide bonds. The highest BCUT2D eigenvalue weighted by atomic mass is 32.2. The quantitative estimate of drug-likeness (QED) is 0.366. The van der Waals surface area contributed by atoms with Crippen molar-refractivity contribution in [2.75, 3.05) is 11.8 Å². The lowest BCUT2D eigenvalue weighted by Crippen LogP contribution is -2.26. The van der Waals surface area contributed by atoms with Gasteiger partial charge in [-0.2, -0.15) is 0 Å². The van der Waals surface area contributed by atoms with Crippen molar-refractivity contribution in [2.45, 2.75) is 25.0 Å². The first kappa shape index (κ1) is 24.0. The Hall–Kier alpha value is -4.11. The van der Waals surface area contributed by atoms with Crippen LogP contribution in [-0.2, 0) is 23.2 Å². The molecule has 8 nitrogen and oxygen atoms in total. The van der Waals surface area contributed by atoms with E-state index in [1.165, 1.54) is 23.1 Å². The Morgan fingerprint density at radius 3 is 2.43 bits per heavy atom. The van der Waals surface area contributed by atoms with E-state index in [9.17, 15) is 13.2 Å². The molecule has 0 aliphatic carbocycles. The molecule has 4 rings (SSSR count). The van der Waals surface area contributed by atoms with Gasteiger partial charge in [-0.15, -0.1) is 0 Å². The summed E-state index contributed by atoms with van der Waals surface area (Å²) in [5.74, 6) is 0.938. The van der Waals surface area contributed by atoms with Gasteiger partial charge < -0.3 is 14.2 Å². The van der Waals surface area contributed by atoms with Crippen LogP contribution < -0.4 is 9.46 Å². The summed E-state index contributed by atoms with van der Waals surface area (Å²) >= 11 is 0. The second kappa shape index (κ2) is 10.4. The molecule has 3 aromatic carbocycles. The predicted molar refractivity (Wildman–Crippen MR) is 132 cm³/mol. The Labute approximate surface area is 204 Å². The zero-order chi connectivity index (χ0) is 24.8. The molecule has 9 heteroatoms. The maximum absolute atomic E-state index is 12.9. The van der Waals surface area contributed by atoms with Crippen LogP contribution in [0.15, 0.2) is 94.3 Å². The summed E-state index contributed by atoms with van der Waals surface area (Å²) in [5.41, 5.74) is 2.28. The highest BCUT2D eigenvalue weighted by molar-refractivity contribution is 7.92. The molecule has 0 bridgehead atoms. The van der Waals surface area contributed by atoms with Crippen LogP contribution in [0.25, 0.3) is 0 Å². The Bertz CT molecular complexity index is 1400. The Morgan fingerprint density at radius 2 is 1.74 bits per heavy atom. The summed E-state index contributed by atoms with van der Waals surface area (Å²) in [5, 5.41) is 3.88. The molecule has 1 heterocycles. The number of rotatable bonds is 9. The minimum atomic E-state index is -3.91. The standard InChI is InChI=1S/C26H25N3O5S/c1-19-15-23(27-34-19)17-29(2)26(30)21-9-6-10-25(16-21)35(31,32)28-22-11-13-24(14-12-22)33-18-20-7-4-3-5-8-20/h3-16,28H,17-18H2,1-2H3. The lowest BCUT2D eigenvalue weighted by molar-refractivity contribution is 0.0782. The molecule has 35 heavy (non-hydrogen) atoms. The summed E-state index contributed by atoms with van der Waals surface area (Å²) in [4.78, 5) is 14.3. The maximum Gasteiger partial charge on any atom is 0.261 e. The molecular weight excluding hydrogens is 466 g/mol. The fraction of sp³-hybridized carbons (Fsp3) is 0.154. The third-order valence-corrected chi connectivity index (χ3v) is 6.55. The fourth-order valence-electron chi connectivity index (χ4n) is 3.40. The molecule has 0 fully saturated rings. The summed E-state index contributed by atoms with van der Waals surface area (Å²) in [6, 6.07) is 24.0. The van der Waals surface area contributed by atoms with Gasteiger partial charge in [-0.1, -0.05) is 41.6 Å². The number of aryl methyl sites for hydroxylation is 1. The SMILES string of the molecule is Cc1cc(CN(C)C(=O)c2cccc(S(=O)(=O)Nc3ccc(OCc4ccccc4)cc3)c2)no1. The predicted octanol–water partition coefficient (Wildman–Crippen LogP) is 4.64. The lowest BCUT2D eigenvalue weighted by atomic mass is 10.2. The van der Waals surface area contributed by atoms with E-state index < -0.39 is 10.0 Å². The Kier molecular flexibility index (Phi) is 7.17. The molecule has 0 spiro atoms. The van der Waals surface area contributed by atoms with E-state index >= 15 is 0 Å². The minimum Gasteiger partial charge on any atom is -0.489 e.